The van der Waals surface area contributed by atoms with Gasteiger partial charge in [-0.2, -0.15) is 0 Å². The lowest BCUT2D eigenvalue weighted by Crippen LogP contribution is -2.35. The highest BCUT2D eigenvalue weighted by molar-refractivity contribution is 7.89. The van der Waals surface area contributed by atoms with Crippen LogP contribution in [0.15, 0.2) is 23.1 Å². The Hall–Kier alpha value is -1.71. The molecule has 0 bridgehead atoms. The van der Waals surface area contributed by atoms with E-state index in [4.69, 9.17) is 4.74 Å². The number of phenolic OH excluding ortho intramolecular Hbond substituents is 1. The maximum atomic E-state index is 12.1. The fraction of sp³-hybridized carbons (Fsp3) is 0.500. The topological polar surface area (TPSA) is 119 Å². The number of rotatable bonds is 5. The Morgan fingerprint density at radius 3 is 2.81 bits per heavy atom. The summed E-state index contributed by atoms with van der Waals surface area (Å²) in [6.07, 6.45) is 2.54. The molecule has 116 valence electrons. The van der Waals surface area contributed by atoms with Gasteiger partial charge < -0.3 is 9.84 Å². The van der Waals surface area contributed by atoms with Crippen molar-refractivity contribution in [2.24, 2.45) is 0 Å². The minimum Gasteiger partial charge on any atom is -0.502 e. The number of nitro benzene ring substituents is 1. The van der Waals surface area contributed by atoms with Crippen LogP contribution < -0.4 is 4.72 Å². The SMILES string of the molecule is O=[N+]([O-])c1cc(S(=O)(=O)NCC2CCCCO2)ccc1O. The second-order valence-electron chi connectivity index (χ2n) is 4.75. The zero-order valence-corrected chi connectivity index (χ0v) is 12.0. The molecule has 1 aliphatic heterocycles. The van der Waals surface area contributed by atoms with E-state index < -0.39 is 26.4 Å². The average Bonchev–Trinajstić information content (AvgIpc) is 2.46. The van der Waals surface area contributed by atoms with Gasteiger partial charge >= 0.3 is 5.69 Å². The van der Waals surface area contributed by atoms with Crippen LogP contribution in [0, 0.1) is 10.1 Å². The summed E-state index contributed by atoms with van der Waals surface area (Å²) in [4.78, 5) is 9.62. The molecule has 1 aromatic rings. The van der Waals surface area contributed by atoms with E-state index in [9.17, 15) is 23.6 Å². The molecule has 1 unspecified atom stereocenters. The fourth-order valence-electron chi connectivity index (χ4n) is 2.07. The Balaban J connectivity index is 2.11. The van der Waals surface area contributed by atoms with E-state index >= 15 is 0 Å². The number of nitrogens with one attached hydrogen (secondary N) is 1. The van der Waals surface area contributed by atoms with Crippen LogP contribution in [0.2, 0.25) is 0 Å². The number of sulfonamides is 1. The largest absolute Gasteiger partial charge is 0.502 e. The molecule has 1 aromatic carbocycles. The zero-order valence-electron chi connectivity index (χ0n) is 11.2. The number of hydrogen-bond donors (Lipinski definition) is 2. The molecule has 0 aromatic heterocycles. The van der Waals surface area contributed by atoms with E-state index in [-0.39, 0.29) is 17.5 Å². The smallest absolute Gasteiger partial charge is 0.312 e. The Bertz CT molecular complexity index is 625. The molecule has 8 nitrogen and oxygen atoms in total. The summed E-state index contributed by atoms with van der Waals surface area (Å²) in [7, 11) is -3.88. The zero-order chi connectivity index (χ0) is 15.5. The third-order valence-electron chi connectivity index (χ3n) is 3.23. The normalized spacial score (nSPS) is 19.3. The van der Waals surface area contributed by atoms with Crippen molar-refractivity contribution in [1.29, 1.82) is 0 Å². The number of hydrogen-bond acceptors (Lipinski definition) is 6. The van der Waals surface area contributed by atoms with E-state index in [0.717, 1.165) is 37.5 Å². The lowest BCUT2D eigenvalue weighted by atomic mass is 10.1. The molecular weight excluding hydrogens is 300 g/mol. The van der Waals surface area contributed by atoms with Crippen LogP contribution in [-0.2, 0) is 14.8 Å². The standard InChI is InChI=1S/C12H16N2O6S/c15-12-5-4-10(7-11(12)14(16)17)21(18,19)13-8-9-3-1-2-6-20-9/h4-5,7,9,13,15H,1-3,6,8H2. The first-order chi connectivity index (χ1) is 9.90. The van der Waals surface area contributed by atoms with E-state index in [2.05, 4.69) is 4.72 Å². The van der Waals surface area contributed by atoms with Crippen molar-refractivity contribution in [3.05, 3.63) is 28.3 Å². The van der Waals surface area contributed by atoms with E-state index in [1.807, 2.05) is 0 Å². The van der Waals surface area contributed by atoms with E-state index in [0.29, 0.717) is 6.61 Å². The van der Waals surface area contributed by atoms with E-state index in [1.165, 1.54) is 0 Å². The maximum absolute atomic E-state index is 12.1. The predicted octanol–water partition coefficient (Wildman–Crippen LogP) is 1.15. The van der Waals surface area contributed by atoms with Gasteiger partial charge in [-0.25, -0.2) is 13.1 Å². The Morgan fingerprint density at radius 1 is 1.43 bits per heavy atom. The molecule has 0 radical (unpaired) electrons. The number of phenols is 1. The first-order valence-corrected chi connectivity index (χ1v) is 7.97. The van der Waals surface area contributed by atoms with Gasteiger partial charge in [0.05, 0.1) is 15.9 Å². The van der Waals surface area contributed by atoms with Crippen molar-refractivity contribution >= 4 is 15.7 Å². The maximum Gasteiger partial charge on any atom is 0.312 e. The molecule has 2 N–H and O–H groups in total. The summed E-state index contributed by atoms with van der Waals surface area (Å²) in [6.45, 7) is 0.730. The molecule has 0 spiro atoms. The second-order valence-corrected chi connectivity index (χ2v) is 6.52. The quantitative estimate of drug-likeness (QED) is 0.621. The van der Waals surface area contributed by atoms with Gasteiger partial charge in [0.15, 0.2) is 5.75 Å². The van der Waals surface area contributed by atoms with Crippen molar-refractivity contribution in [3.8, 4) is 5.75 Å². The van der Waals surface area contributed by atoms with Crippen molar-refractivity contribution in [3.63, 3.8) is 0 Å². The lowest BCUT2D eigenvalue weighted by Gasteiger charge is -2.22. The summed E-state index contributed by atoms with van der Waals surface area (Å²) in [5.74, 6) is -0.574. The molecule has 0 aliphatic carbocycles. The van der Waals surface area contributed by atoms with Crippen LogP contribution >= 0.6 is 0 Å². The number of ether oxygens (including phenoxy) is 1. The van der Waals surface area contributed by atoms with Crippen LogP contribution in [0.1, 0.15) is 19.3 Å². The van der Waals surface area contributed by atoms with Gasteiger partial charge in [-0.1, -0.05) is 0 Å². The number of aromatic hydroxyl groups is 1. The van der Waals surface area contributed by atoms with Crippen LogP contribution in [0.3, 0.4) is 0 Å². The molecule has 2 rings (SSSR count). The van der Waals surface area contributed by atoms with Crippen molar-refractivity contribution in [1.82, 2.24) is 4.72 Å². The fourth-order valence-corrected chi connectivity index (χ4v) is 3.16. The molecule has 1 fully saturated rings. The van der Waals surface area contributed by atoms with Crippen LogP contribution in [0.25, 0.3) is 0 Å². The summed E-state index contributed by atoms with van der Waals surface area (Å²) in [6, 6.07) is 2.94. The van der Waals surface area contributed by atoms with Gasteiger partial charge in [0.1, 0.15) is 0 Å². The van der Waals surface area contributed by atoms with Gasteiger partial charge in [-0.15, -0.1) is 0 Å². The summed E-state index contributed by atoms with van der Waals surface area (Å²) in [5.41, 5.74) is -0.646. The van der Waals surface area contributed by atoms with Crippen molar-refractivity contribution in [2.45, 2.75) is 30.3 Å². The van der Waals surface area contributed by atoms with Gasteiger partial charge in [-0.05, 0) is 31.4 Å². The highest BCUT2D eigenvalue weighted by Crippen LogP contribution is 2.28. The van der Waals surface area contributed by atoms with Gasteiger partial charge in [-0.3, -0.25) is 10.1 Å². The van der Waals surface area contributed by atoms with Crippen LogP contribution in [-0.4, -0.2) is 37.7 Å². The summed E-state index contributed by atoms with van der Waals surface area (Å²) in [5, 5.41) is 20.0. The number of nitrogens with zero attached hydrogens (tertiary/aromatic N) is 1. The molecule has 0 saturated carbocycles. The third-order valence-corrected chi connectivity index (χ3v) is 4.65. The molecule has 9 heteroatoms. The molecule has 0 amide bonds. The Kier molecular flexibility index (Phi) is 4.76. The van der Waals surface area contributed by atoms with Crippen molar-refractivity contribution < 1.29 is 23.2 Å². The van der Waals surface area contributed by atoms with Gasteiger partial charge in [0.2, 0.25) is 10.0 Å². The Labute approximate surface area is 121 Å². The molecule has 1 heterocycles. The molecule has 1 aliphatic rings. The average molecular weight is 316 g/mol. The molecular formula is C12H16N2O6S. The number of nitro groups is 1. The summed E-state index contributed by atoms with van der Waals surface area (Å²) < 4.78 is 32.0. The summed E-state index contributed by atoms with van der Waals surface area (Å²) >= 11 is 0. The third kappa shape index (κ3) is 3.90. The minimum atomic E-state index is -3.88. The van der Waals surface area contributed by atoms with Crippen LogP contribution in [0.5, 0.6) is 5.75 Å². The van der Waals surface area contributed by atoms with Gasteiger partial charge in [0, 0.05) is 19.2 Å². The molecule has 1 atom stereocenters. The first kappa shape index (κ1) is 15.7. The minimum absolute atomic E-state index is 0.122. The van der Waals surface area contributed by atoms with Crippen molar-refractivity contribution in [2.75, 3.05) is 13.2 Å². The highest BCUT2D eigenvalue weighted by atomic mass is 32.2. The van der Waals surface area contributed by atoms with Gasteiger partial charge in [0.25, 0.3) is 0 Å². The first-order valence-electron chi connectivity index (χ1n) is 6.49. The predicted molar refractivity (Wildman–Crippen MR) is 73.5 cm³/mol. The van der Waals surface area contributed by atoms with Crippen LogP contribution in [0.4, 0.5) is 5.69 Å². The highest BCUT2D eigenvalue weighted by Gasteiger charge is 2.23. The number of benzene rings is 1. The molecule has 21 heavy (non-hydrogen) atoms. The van der Waals surface area contributed by atoms with E-state index in [1.54, 1.807) is 0 Å². The molecule has 1 saturated heterocycles. The lowest BCUT2D eigenvalue weighted by molar-refractivity contribution is -0.386. The second kappa shape index (κ2) is 6.37. The Morgan fingerprint density at radius 2 is 2.19 bits per heavy atom. The monoisotopic (exact) mass is 316 g/mol.